The van der Waals surface area contributed by atoms with Crippen LogP contribution in [0, 0.1) is 5.82 Å². The minimum atomic E-state index is -0.494. The van der Waals surface area contributed by atoms with Gasteiger partial charge in [-0.2, -0.15) is 4.98 Å². The van der Waals surface area contributed by atoms with E-state index in [1.165, 1.54) is 0 Å². The Morgan fingerprint density at radius 3 is 2.52 bits per heavy atom. The maximum absolute atomic E-state index is 15.9. The molecule has 2 aromatic carbocycles. The quantitative estimate of drug-likeness (QED) is 0.357. The van der Waals surface area contributed by atoms with Crippen LogP contribution >= 0.6 is 0 Å². The Balaban J connectivity index is 1.47. The van der Waals surface area contributed by atoms with Crippen molar-refractivity contribution >= 4 is 29.0 Å². The van der Waals surface area contributed by atoms with E-state index in [4.69, 9.17) is 9.47 Å². The lowest BCUT2D eigenvalue weighted by molar-refractivity contribution is -0.121. The maximum atomic E-state index is 15.9. The lowest BCUT2D eigenvalue weighted by Gasteiger charge is -2.46. The summed E-state index contributed by atoms with van der Waals surface area (Å²) in [5.41, 5.74) is 1.95. The van der Waals surface area contributed by atoms with Crippen LogP contribution in [0.5, 0.6) is 5.75 Å². The fraction of sp³-hybridized carbons (Fsp3) is 0.433. The average molecular weight is 549 g/mol. The Morgan fingerprint density at radius 1 is 1.10 bits per heavy atom. The lowest BCUT2D eigenvalue weighted by atomic mass is 9.79. The number of nitrogens with one attached hydrogen (secondary N) is 3. The number of aromatic nitrogens is 2. The average Bonchev–Trinajstić information content (AvgIpc) is 2.88. The summed E-state index contributed by atoms with van der Waals surface area (Å²) in [5, 5.41) is 10.3. The van der Waals surface area contributed by atoms with Crippen LogP contribution in [-0.2, 0) is 9.53 Å². The first-order valence-electron chi connectivity index (χ1n) is 13.6. The monoisotopic (exact) mass is 548 g/mol. The van der Waals surface area contributed by atoms with Crippen LogP contribution in [-0.4, -0.2) is 59.9 Å². The van der Waals surface area contributed by atoms with Crippen LogP contribution in [0.4, 0.5) is 27.5 Å². The number of carbonyl (C=O) groups excluding carboxylic acids is 1. The molecule has 0 aliphatic carbocycles. The molecule has 40 heavy (non-hydrogen) atoms. The van der Waals surface area contributed by atoms with Gasteiger partial charge in [-0.15, -0.1) is 0 Å². The van der Waals surface area contributed by atoms with Crippen LogP contribution in [0.3, 0.4) is 0 Å². The van der Waals surface area contributed by atoms with Crippen molar-refractivity contribution in [1.82, 2.24) is 15.3 Å². The van der Waals surface area contributed by atoms with E-state index in [0.29, 0.717) is 35.8 Å². The van der Waals surface area contributed by atoms with Crippen molar-refractivity contribution in [2.45, 2.75) is 57.7 Å². The highest BCUT2D eigenvalue weighted by Gasteiger charge is 2.38. The molecule has 0 atom stereocenters. The Bertz CT molecular complexity index is 1370. The molecule has 0 saturated carbocycles. The van der Waals surface area contributed by atoms with Gasteiger partial charge in [0.05, 0.1) is 12.3 Å². The third-order valence-electron chi connectivity index (χ3n) is 7.11. The normalized spacial score (nSPS) is 18.1. The fourth-order valence-electron chi connectivity index (χ4n) is 5.84. The minimum Gasteiger partial charge on any atom is -0.481 e. The standard InChI is InChI=1S/C30H37FN6O3/c1-29(2)16-21(17-30(3,4)36-29)32-27-25(31)26(19-9-7-6-8-10-19)34-28(35-27)33-20-11-12-22-23(15-20)40-18-24(38)37(22)13-14-39-5/h6-12,15,21,36H,13-14,16-18H2,1-5H3,(H2,32,33,34,35). The topological polar surface area (TPSA) is 101 Å². The molecule has 3 N–H and O–H groups in total. The van der Waals surface area contributed by atoms with Crippen molar-refractivity contribution < 1.29 is 18.7 Å². The van der Waals surface area contributed by atoms with E-state index in [9.17, 15) is 4.79 Å². The molecular formula is C30H37FN6O3. The Kier molecular flexibility index (Phi) is 7.65. The molecule has 10 heteroatoms. The van der Waals surface area contributed by atoms with Crippen LogP contribution in [0.25, 0.3) is 11.3 Å². The van der Waals surface area contributed by atoms with E-state index in [0.717, 1.165) is 12.8 Å². The van der Waals surface area contributed by atoms with Crippen molar-refractivity contribution in [2.75, 3.05) is 42.4 Å². The maximum Gasteiger partial charge on any atom is 0.265 e. The number of hydrogen-bond donors (Lipinski definition) is 3. The number of amides is 1. The molecule has 9 nitrogen and oxygen atoms in total. The summed E-state index contributed by atoms with van der Waals surface area (Å²) in [4.78, 5) is 23.2. The van der Waals surface area contributed by atoms with E-state index < -0.39 is 5.82 Å². The number of benzene rings is 2. The summed E-state index contributed by atoms with van der Waals surface area (Å²) in [6.45, 7) is 9.42. The first kappa shape index (κ1) is 27.8. The number of piperidine rings is 1. The van der Waals surface area contributed by atoms with Gasteiger partial charge >= 0.3 is 0 Å². The molecule has 2 aliphatic heterocycles. The van der Waals surface area contributed by atoms with E-state index in [2.05, 4.69) is 53.6 Å². The number of fused-ring (bicyclic) bond motifs is 1. The summed E-state index contributed by atoms with van der Waals surface area (Å²) >= 11 is 0. The Labute approximate surface area is 234 Å². The van der Waals surface area contributed by atoms with E-state index in [-0.39, 0.29) is 47.1 Å². The highest BCUT2D eigenvalue weighted by atomic mass is 19.1. The molecule has 1 aromatic heterocycles. The Morgan fingerprint density at radius 2 is 1.82 bits per heavy atom. The molecule has 1 fully saturated rings. The number of anilines is 4. The molecule has 2 aliphatic rings. The van der Waals surface area contributed by atoms with Gasteiger partial charge in [0, 0.05) is 48.1 Å². The largest absolute Gasteiger partial charge is 0.481 e. The number of hydrogen-bond acceptors (Lipinski definition) is 8. The van der Waals surface area contributed by atoms with Crippen molar-refractivity contribution in [2.24, 2.45) is 0 Å². The Hall–Kier alpha value is -3.76. The molecule has 0 radical (unpaired) electrons. The van der Waals surface area contributed by atoms with Gasteiger partial charge in [-0.05, 0) is 52.7 Å². The van der Waals surface area contributed by atoms with Crippen molar-refractivity contribution in [3.63, 3.8) is 0 Å². The van der Waals surface area contributed by atoms with Crippen LogP contribution in [0.1, 0.15) is 40.5 Å². The van der Waals surface area contributed by atoms with E-state index in [1.807, 2.05) is 42.5 Å². The zero-order valence-corrected chi connectivity index (χ0v) is 23.7. The summed E-state index contributed by atoms with van der Waals surface area (Å²) in [7, 11) is 1.60. The second-order valence-electron chi connectivity index (χ2n) is 11.7. The highest BCUT2D eigenvalue weighted by Crippen LogP contribution is 2.36. The first-order valence-corrected chi connectivity index (χ1v) is 13.6. The molecule has 3 heterocycles. The molecule has 3 aromatic rings. The number of rotatable bonds is 8. The predicted octanol–water partition coefficient (Wildman–Crippen LogP) is 5.12. The number of nitrogens with zero attached hydrogens (tertiary/aromatic N) is 3. The third-order valence-corrected chi connectivity index (χ3v) is 7.11. The van der Waals surface area contributed by atoms with Gasteiger partial charge in [-0.1, -0.05) is 30.3 Å². The van der Waals surface area contributed by atoms with E-state index in [1.54, 1.807) is 18.1 Å². The number of carbonyl (C=O) groups is 1. The van der Waals surface area contributed by atoms with Crippen LogP contribution in [0.15, 0.2) is 48.5 Å². The van der Waals surface area contributed by atoms with Gasteiger partial charge in [-0.3, -0.25) is 4.79 Å². The summed E-state index contributed by atoms with van der Waals surface area (Å²) in [5.74, 6) is 0.342. The summed E-state index contributed by atoms with van der Waals surface area (Å²) < 4.78 is 26.8. The van der Waals surface area contributed by atoms with Crippen LogP contribution < -0.4 is 25.6 Å². The van der Waals surface area contributed by atoms with Crippen molar-refractivity contribution in [1.29, 1.82) is 0 Å². The van der Waals surface area contributed by atoms with E-state index >= 15 is 4.39 Å². The van der Waals surface area contributed by atoms with Crippen molar-refractivity contribution in [3.8, 4) is 17.0 Å². The van der Waals surface area contributed by atoms with Crippen molar-refractivity contribution in [3.05, 3.63) is 54.3 Å². The summed E-state index contributed by atoms with van der Waals surface area (Å²) in [6.07, 6.45) is 1.62. The fourth-order valence-corrected chi connectivity index (χ4v) is 5.84. The highest BCUT2D eigenvalue weighted by molar-refractivity contribution is 5.98. The van der Waals surface area contributed by atoms with Gasteiger partial charge in [-0.25, -0.2) is 9.37 Å². The molecular weight excluding hydrogens is 511 g/mol. The second-order valence-corrected chi connectivity index (χ2v) is 11.7. The number of ether oxygens (including phenoxy) is 2. The number of halogens is 1. The van der Waals surface area contributed by atoms with Crippen LogP contribution in [0.2, 0.25) is 0 Å². The molecule has 0 bridgehead atoms. The van der Waals surface area contributed by atoms with Gasteiger partial charge < -0.3 is 30.3 Å². The SMILES string of the molecule is COCCN1C(=O)COc2cc(Nc3nc(NC4CC(C)(C)NC(C)(C)C4)c(F)c(-c4ccccc4)n3)ccc21. The van der Waals surface area contributed by atoms with Gasteiger partial charge in [0.25, 0.3) is 5.91 Å². The molecule has 0 spiro atoms. The zero-order chi connectivity index (χ0) is 28.5. The van der Waals surface area contributed by atoms with Gasteiger partial charge in [0.1, 0.15) is 11.4 Å². The number of methoxy groups -OCH3 is 1. The smallest absolute Gasteiger partial charge is 0.265 e. The first-order chi connectivity index (χ1) is 19.0. The molecule has 5 rings (SSSR count). The molecule has 212 valence electrons. The summed E-state index contributed by atoms with van der Waals surface area (Å²) in [6, 6.07) is 14.7. The molecule has 1 saturated heterocycles. The zero-order valence-electron chi connectivity index (χ0n) is 23.7. The predicted molar refractivity (Wildman–Crippen MR) is 155 cm³/mol. The second kappa shape index (κ2) is 11.0. The third kappa shape index (κ3) is 6.18. The molecule has 1 amide bonds. The lowest BCUT2D eigenvalue weighted by Crippen LogP contribution is -2.60. The minimum absolute atomic E-state index is 0.0138. The van der Waals surface area contributed by atoms with Gasteiger partial charge in [0.2, 0.25) is 5.95 Å². The van der Waals surface area contributed by atoms with Gasteiger partial charge in [0.15, 0.2) is 18.2 Å². The molecule has 0 unspecified atom stereocenters.